The van der Waals surface area contributed by atoms with Gasteiger partial charge in [0.15, 0.2) is 0 Å². The van der Waals surface area contributed by atoms with Crippen molar-refractivity contribution in [3.8, 4) is 0 Å². The fourth-order valence-corrected chi connectivity index (χ4v) is 2.82. The van der Waals surface area contributed by atoms with Gasteiger partial charge in [-0.3, -0.25) is 9.59 Å². The number of piperidine rings is 1. The highest BCUT2D eigenvalue weighted by Crippen LogP contribution is 2.25. The molecule has 0 spiro atoms. The summed E-state index contributed by atoms with van der Waals surface area (Å²) < 4.78 is 27.6. The SMILES string of the molecule is Cc1cc(F)c(C(=O)N2CCCC[C@@H]2CCC(=O)O)cc1F. The fraction of sp³-hybridized carbons (Fsp3) is 0.500. The highest BCUT2D eigenvalue weighted by Gasteiger charge is 2.29. The monoisotopic (exact) mass is 311 g/mol. The van der Waals surface area contributed by atoms with Crippen molar-refractivity contribution in [1.82, 2.24) is 4.90 Å². The minimum atomic E-state index is -0.925. The molecule has 2 rings (SSSR count). The molecule has 4 nitrogen and oxygen atoms in total. The molecule has 0 bridgehead atoms. The molecule has 1 amide bonds. The van der Waals surface area contributed by atoms with Crippen LogP contribution >= 0.6 is 0 Å². The van der Waals surface area contributed by atoms with Gasteiger partial charge in [0.25, 0.3) is 5.91 Å². The Morgan fingerprint density at radius 2 is 2.00 bits per heavy atom. The summed E-state index contributed by atoms with van der Waals surface area (Å²) in [5, 5.41) is 8.78. The van der Waals surface area contributed by atoms with Gasteiger partial charge in [0.1, 0.15) is 11.6 Å². The molecule has 0 unspecified atom stereocenters. The summed E-state index contributed by atoms with van der Waals surface area (Å²) >= 11 is 0. The molecule has 1 aliphatic heterocycles. The molecule has 0 aliphatic carbocycles. The van der Waals surface area contributed by atoms with Crippen LogP contribution in [0.1, 0.15) is 48.0 Å². The van der Waals surface area contributed by atoms with E-state index in [1.54, 1.807) is 0 Å². The summed E-state index contributed by atoms with van der Waals surface area (Å²) in [7, 11) is 0. The summed E-state index contributed by atoms with van der Waals surface area (Å²) in [6.07, 6.45) is 2.66. The van der Waals surface area contributed by atoms with Crippen molar-refractivity contribution < 1.29 is 23.5 Å². The minimum Gasteiger partial charge on any atom is -0.481 e. The molecule has 120 valence electrons. The van der Waals surface area contributed by atoms with Gasteiger partial charge in [0, 0.05) is 19.0 Å². The van der Waals surface area contributed by atoms with Crippen molar-refractivity contribution in [3.63, 3.8) is 0 Å². The molecule has 1 fully saturated rings. The lowest BCUT2D eigenvalue weighted by atomic mass is 9.96. The Hall–Kier alpha value is -1.98. The van der Waals surface area contributed by atoms with E-state index in [1.165, 1.54) is 11.8 Å². The molecule has 22 heavy (non-hydrogen) atoms. The number of carboxylic acids is 1. The first-order valence-electron chi connectivity index (χ1n) is 7.38. The number of carbonyl (C=O) groups is 2. The summed E-state index contributed by atoms with van der Waals surface area (Å²) in [6, 6.07) is 1.70. The summed E-state index contributed by atoms with van der Waals surface area (Å²) in [6.45, 7) is 1.88. The van der Waals surface area contributed by atoms with E-state index in [4.69, 9.17) is 5.11 Å². The van der Waals surface area contributed by atoms with Crippen LogP contribution in [0.25, 0.3) is 0 Å². The summed E-state index contributed by atoms with van der Waals surface area (Å²) in [4.78, 5) is 24.7. The zero-order valence-corrected chi connectivity index (χ0v) is 12.4. The Kier molecular flexibility index (Phi) is 5.11. The predicted molar refractivity (Wildman–Crippen MR) is 76.6 cm³/mol. The minimum absolute atomic E-state index is 0.0425. The van der Waals surface area contributed by atoms with Crippen LogP contribution in [0.5, 0.6) is 0 Å². The van der Waals surface area contributed by atoms with Gasteiger partial charge in [-0.05, 0) is 50.3 Å². The number of hydrogen-bond donors (Lipinski definition) is 1. The van der Waals surface area contributed by atoms with E-state index in [0.29, 0.717) is 19.4 Å². The van der Waals surface area contributed by atoms with Gasteiger partial charge in [-0.2, -0.15) is 0 Å². The first-order chi connectivity index (χ1) is 10.4. The second-order valence-corrected chi connectivity index (χ2v) is 5.66. The topological polar surface area (TPSA) is 57.6 Å². The van der Waals surface area contributed by atoms with Crippen molar-refractivity contribution in [2.24, 2.45) is 0 Å². The highest BCUT2D eigenvalue weighted by molar-refractivity contribution is 5.95. The number of likely N-dealkylation sites (tertiary alicyclic amines) is 1. The van der Waals surface area contributed by atoms with Crippen LogP contribution in [-0.2, 0) is 4.79 Å². The first-order valence-corrected chi connectivity index (χ1v) is 7.38. The van der Waals surface area contributed by atoms with Gasteiger partial charge in [-0.1, -0.05) is 0 Å². The number of benzene rings is 1. The van der Waals surface area contributed by atoms with E-state index in [1.807, 2.05) is 0 Å². The van der Waals surface area contributed by atoms with Gasteiger partial charge in [-0.25, -0.2) is 8.78 Å². The number of hydrogen-bond acceptors (Lipinski definition) is 2. The lowest BCUT2D eigenvalue weighted by Gasteiger charge is -2.35. The molecule has 0 radical (unpaired) electrons. The third-order valence-corrected chi connectivity index (χ3v) is 4.06. The Morgan fingerprint density at radius 1 is 1.27 bits per heavy atom. The third kappa shape index (κ3) is 3.61. The van der Waals surface area contributed by atoms with Crippen LogP contribution in [0, 0.1) is 18.6 Å². The van der Waals surface area contributed by atoms with E-state index >= 15 is 0 Å². The van der Waals surface area contributed by atoms with E-state index in [2.05, 4.69) is 0 Å². The van der Waals surface area contributed by atoms with Gasteiger partial charge in [0.05, 0.1) is 5.56 Å². The lowest BCUT2D eigenvalue weighted by Crippen LogP contribution is -2.44. The maximum absolute atomic E-state index is 14.0. The van der Waals surface area contributed by atoms with Gasteiger partial charge >= 0.3 is 5.97 Å². The molecule has 6 heteroatoms. The number of aryl methyl sites for hydroxylation is 1. The lowest BCUT2D eigenvalue weighted by molar-refractivity contribution is -0.137. The number of nitrogens with zero attached hydrogens (tertiary/aromatic N) is 1. The Balaban J connectivity index is 2.21. The van der Waals surface area contributed by atoms with Crippen LogP contribution in [0.3, 0.4) is 0 Å². The number of halogens is 2. The number of carboxylic acid groups (broad SMARTS) is 1. The molecule has 1 atom stereocenters. The van der Waals surface area contributed by atoms with Crippen LogP contribution in [0.4, 0.5) is 8.78 Å². The van der Waals surface area contributed by atoms with Crippen molar-refractivity contribution in [1.29, 1.82) is 0 Å². The van der Waals surface area contributed by atoms with E-state index in [9.17, 15) is 18.4 Å². The normalized spacial score (nSPS) is 18.3. The maximum atomic E-state index is 14.0. The number of carbonyl (C=O) groups excluding carboxylic acids is 1. The van der Waals surface area contributed by atoms with E-state index < -0.39 is 23.5 Å². The highest BCUT2D eigenvalue weighted by atomic mass is 19.1. The Labute approximate surface area is 127 Å². The second kappa shape index (κ2) is 6.85. The van der Waals surface area contributed by atoms with Crippen LogP contribution in [0.2, 0.25) is 0 Å². The molecule has 1 saturated heterocycles. The second-order valence-electron chi connectivity index (χ2n) is 5.66. The van der Waals surface area contributed by atoms with Crippen LogP contribution in [0.15, 0.2) is 12.1 Å². The smallest absolute Gasteiger partial charge is 0.303 e. The van der Waals surface area contributed by atoms with Crippen molar-refractivity contribution >= 4 is 11.9 Å². The third-order valence-electron chi connectivity index (χ3n) is 4.06. The van der Waals surface area contributed by atoms with Crippen molar-refractivity contribution in [2.75, 3.05) is 6.54 Å². The molecule has 1 aromatic carbocycles. The molecule has 0 saturated carbocycles. The van der Waals surface area contributed by atoms with E-state index in [-0.39, 0.29) is 23.6 Å². The van der Waals surface area contributed by atoms with Crippen molar-refractivity contribution in [2.45, 2.75) is 45.1 Å². The number of amides is 1. The fourth-order valence-electron chi connectivity index (χ4n) is 2.82. The van der Waals surface area contributed by atoms with Gasteiger partial charge < -0.3 is 10.0 Å². The Morgan fingerprint density at radius 3 is 2.68 bits per heavy atom. The summed E-state index contributed by atoms with van der Waals surface area (Å²) in [5.41, 5.74) is -0.138. The largest absolute Gasteiger partial charge is 0.481 e. The molecule has 1 aromatic rings. The van der Waals surface area contributed by atoms with Crippen LogP contribution < -0.4 is 0 Å². The number of aliphatic carboxylic acids is 1. The standard InChI is InChI=1S/C16H19F2NO3/c1-10-8-14(18)12(9-13(10)17)16(22)19-7-3-2-4-11(19)5-6-15(20)21/h8-9,11H,2-7H2,1H3,(H,20,21)/t11-/m1/s1. The van der Waals surface area contributed by atoms with Crippen molar-refractivity contribution in [3.05, 3.63) is 34.9 Å². The molecule has 1 heterocycles. The molecule has 0 aromatic heterocycles. The zero-order valence-electron chi connectivity index (χ0n) is 12.4. The van der Waals surface area contributed by atoms with Gasteiger partial charge in [0.2, 0.25) is 0 Å². The number of rotatable bonds is 4. The first kappa shape index (κ1) is 16.4. The molecular formula is C16H19F2NO3. The maximum Gasteiger partial charge on any atom is 0.303 e. The molecule has 1 aliphatic rings. The van der Waals surface area contributed by atoms with E-state index in [0.717, 1.165) is 25.0 Å². The zero-order chi connectivity index (χ0) is 16.3. The molecule has 1 N–H and O–H groups in total. The average Bonchev–Trinajstić information content (AvgIpc) is 2.48. The predicted octanol–water partition coefficient (Wildman–Crippen LogP) is 3.13. The van der Waals surface area contributed by atoms with Crippen LogP contribution in [-0.4, -0.2) is 34.5 Å². The Bertz CT molecular complexity index is 589. The van der Waals surface area contributed by atoms with Gasteiger partial charge in [-0.15, -0.1) is 0 Å². The molecular weight excluding hydrogens is 292 g/mol. The average molecular weight is 311 g/mol. The summed E-state index contributed by atoms with van der Waals surface area (Å²) in [5.74, 6) is -2.85. The quantitative estimate of drug-likeness (QED) is 0.929.